The molecule has 1 fully saturated rings. The summed E-state index contributed by atoms with van der Waals surface area (Å²) in [6.07, 6.45) is 3.07. The predicted molar refractivity (Wildman–Crippen MR) is 112 cm³/mol. The van der Waals surface area contributed by atoms with Crippen molar-refractivity contribution in [3.05, 3.63) is 71.6 Å². The van der Waals surface area contributed by atoms with Crippen molar-refractivity contribution in [2.24, 2.45) is 0 Å². The van der Waals surface area contributed by atoms with Gasteiger partial charge >= 0.3 is 0 Å². The van der Waals surface area contributed by atoms with E-state index in [2.05, 4.69) is 46.4 Å². The van der Waals surface area contributed by atoms with Crippen molar-refractivity contribution in [1.29, 1.82) is 0 Å². The van der Waals surface area contributed by atoms with Gasteiger partial charge in [-0.05, 0) is 24.6 Å². The zero-order valence-electron chi connectivity index (χ0n) is 16.5. The van der Waals surface area contributed by atoms with E-state index in [0.717, 1.165) is 18.6 Å². The number of para-hydroxylation sites is 2. The number of carbonyl (C=O) groups excluding carboxylic acids is 1. The number of amides is 1. The molecule has 1 N–H and O–H groups in total. The summed E-state index contributed by atoms with van der Waals surface area (Å²) < 4.78 is 11.1. The van der Waals surface area contributed by atoms with Crippen LogP contribution in [0.25, 0.3) is 17.2 Å². The van der Waals surface area contributed by atoms with Gasteiger partial charge in [-0.1, -0.05) is 42.0 Å². The number of nitrogens with zero attached hydrogens (tertiary/aromatic N) is 2. The minimum absolute atomic E-state index is 0.112. The summed E-state index contributed by atoms with van der Waals surface area (Å²) in [5, 5.41) is 3.02. The van der Waals surface area contributed by atoms with Crippen molar-refractivity contribution in [3.63, 3.8) is 0 Å². The summed E-state index contributed by atoms with van der Waals surface area (Å²) in [4.78, 5) is 19.1. The average molecular weight is 391 g/mol. The fraction of sp³-hybridized carbons (Fsp3) is 0.304. The van der Waals surface area contributed by atoms with E-state index in [1.54, 1.807) is 6.08 Å². The molecule has 0 radical (unpaired) electrons. The molecule has 0 saturated carbocycles. The molecule has 1 aromatic heterocycles. The first kappa shape index (κ1) is 19.4. The summed E-state index contributed by atoms with van der Waals surface area (Å²) in [6, 6.07) is 16.1. The Kier molecular flexibility index (Phi) is 6.03. The highest BCUT2D eigenvalue weighted by Crippen LogP contribution is 2.22. The lowest BCUT2D eigenvalue weighted by atomic mass is 10.0. The van der Waals surface area contributed by atoms with Gasteiger partial charge in [-0.3, -0.25) is 9.69 Å². The van der Waals surface area contributed by atoms with Gasteiger partial charge in [-0.2, -0.15) is 0 Å². The molecule has 2 aromatic carbocycles. The molecule has 1 atom stereocenters. The summed E-state index contributed by atoms with van der Waals surface area (Å²) in [6.45, 7) is 5.74. The largest absolute Gasteiger partial charge is 0.437 e. The fourth-order valence-corrected chi connectivity index (χ4v) is 3.50. The van der Waals surface area contributed by atoms with Gasteiger partial charge < -0.3 is 14.5 Å². The Morgan fingerprint density at radius 3 is 2.69 bits per heavy atom. The molecular formula is C23H25N3O3. The lowest BCUT2D eigenvalue weighted by Gasteiger charge is -2.34. The molecule has 1 aliphatic rings. The van der Waals surface area contributed by atoms with Crippen LogP contribution in [0.3, 0.4) is 0 Å². The van der Waals surface area contributed by atoms with Gasteiger partial charge in [0.25, 0.3) is 0 Å². The zero-order valence-corrected chi connectivity index (χ0v) is 16.5. The molecule has 6 nitrogen and oxygen atoms in total. The van der Waals surface area contributed by atoms with Gasteiger partial charge in [0.2, 0.25) is 11.8 Å². The number of nitrogens with one attached hydrogen (secondary N) is 1. The van der Waals surface area contributed by atoms with Crippen LogP contribution in [0.2, 0.25) is 0 Å². The van der Waals surface area contributed by atoms with Crippen LogP contribution >= 0.6 is 0 Å². The summed E-state index contributed by atoms with van der Waals surface area (Å²) >= 11 is 0. The van der Waals surface area contributed by atoms with E-state index in [0.29, 0.717) is 31.2 Å². The Morgan fingerprint density at radius 2 is 1.93 bits per heavy atom. The van der Waals surface area contributed by atoms with E-state index in [1.165, 1.54) is 17.2 Å². The molecule has 2 heterocycles. The second kappa shape index (κ2) is 9.03. The third-order valence-corrected chi connectivity index (χ3v) is 5.11. The Labute approximate surface area is 170 Å². The maximum Gasteiger partial charge on any atom is 0.244 e. The number of aromatic nitrogens is 1. The Morgan fingerprint density at radius 1 is 1.17 bits per heavy atom. The molecule has 150 valence electrons. The van der Waals surface area contributed by atoms with Crippen LogP contribution in [0.15, 0.2) is 59.0 Å². The molecule has 0 spiro atoms. The minimum Gasteiger partial charge on any atom is -0.437 e. The lowest BCUT2D eigenvalue weighted by molar-refractivity contribution is -0.116. The Hall–Kier alpha value is -2.96. The van der Waals surface area contributed by atoms with Crippen molar-refractivity contribution in [1.82, 2.24) is 15.2 Å². The van der Waals surface area contributed by atoms with Crippen molar-refractivity contribution < 1.29 is 13.9 Å². The number of hydrogen-bond acceptors (Lipinski definition) is 5. The lowest BCUT2D eigenvalue weighted by Crippen LogP contribution is -2.43. The molecule has 1 amide bonds. The molecule has 1 saturated heterocycles. The van der Waals surface area contributed by atoms with Crippen LogP contribution in [0.1, 0.15) is 23.1 Å². The first-order valence-electron chi connectivity index (χ1n) is 9.89. The topological polar surface area (TPSA) is 67.6 Å². The molecule has 6 heteroatoms. The highest BCUT2D eigenvalue weighted by atomic mass is 16.5. The number of hydrogen-bond donors (Lipinski definition) is 1. The molecule has 0 bridgehead atoms. The van der Waals surface area contributed by atoms with Crippen LogP contribution in [0.5, 0.6) is 0 Å². The molecule has 29 heavy (non-hydrogen) atoms. The van der Waals surface area contributed by atoms with Gasteiger partial charge in [-0.25, -0.2) is 4.98 Å². The molecule has 1 aliphatic heterocycles. The van der Waals surface area contributed by atoms with Crippen LogP contribution in [0.4, 0.5) is 0 Å². The number of benzene rings is 2. The summed E-state index contributed by atoms with van der Waals surface area (Å²) in [7, 11) is 0. The van der Waals surface area contributed by atoms with Crippen LogP contribution in [-0.4, -0.2) is 48.6 Å². The molecule has 4 rings (SSSR count). The average Bonchev–Trinajstić information content (AvgIpc) is 3.17. The number of morpholine rings is 1. The van der Waals surface area contributed by atoms with Gasteiger partial charge in [0.1, 0.15) is 5.52 Å². The SMILES string of the molecule is Cc1ccc(C(CNC(=O)/C=C/c2nc3ccccc3o2)N2CCOCC2)cc1. The van der Waals surface area contributed by atoms with Crippen molar-refractivity contribution in [2.75, 3.05) is 32.8 Å². The quantitative estimate of drug-likeness (QED) is 0.653. The van der Waals surface area contributed by atoms with E-state index >= 15 is 0 Å². The van der Waals surface area contributed by atoms with Crippen molar-refractivity contribution in [3.8, 4) is 0 Å². The standard InChI is InChI=1S/C23H25N3O3/c1-17-6-8-18(9-7-17)20(26-12-14-28-15-13-26)16-24-22(27)10-11-23-25-19-4-2-3-5-21(19)29-23/h2-11,20H,12-16H2,1H3,(H,24,27)/b11-10+. The van der Waals surface area contributed by atoms with Crippen molar-refractivity contribution in [2.45, 2.75) is 13.0 Å². The number of rotatable bonds is 6. The van der Waals surface area contributed by atoms with E-state index in [-0.39, 0.29) is 11.9 Å². The fourth-order valence-electron chi connectivity index (χ4n) is 3.50. The van der Waals surface area contributed by atoms with E-state index in [4.69, 9.17) is 9.15 Å². The summed E-state index contributed by atoms with van der Waals surface area (Å²) in [5.41, 5.74) is 3.90. The number of fused-ring (bicyclic) bond motifs is 1. The second-order valence-corrected chi connectivity index (χ2v) is 7.17. The van der Waals surface area contributed by atoms with Crippen LogP contribution in [0, 0.1) is 6.92 Å². The smallest absolute Gasteiger partial charge is 0.244 e. The van der Waals surface area contributed by atoms with Crippen molar-refractivity contribution >= 4 is 23.1 Å². The second-order valence-electron chi connectivity index (χ2n) is 7.17. The molecular weight excluding hydrogens is 366 g/mol. The van der Waals surface area contributed by atoms with Gasteiger partial charge in [-0.15, -0.1) is 0 Å². The monoisotopic (exact) mass is 391 g/mol. The predicted octanol–water partition coefficient (Wildman–Crippen LogP) is 3.34. The number of oxazole rings is 1. The first-order valence-corrected chi connectivity index (χ1v) is 9.89. The van der Waals surface area contributed by atoms with Gasteiger partial charge in [0.05, 0.1) is 19.3 Å². The maximum atomic E-state index is 12.4. The molecule has 0 aliphatic carbocycles. The third-order valence-electron chi connectivity index (χ3n) is 5.11. The first-order chi connectivity index (χ1) is 14.2. The van der Waals surface area contributed by atoms with Gasteiger partial charge in [0.15, 0.2) is 5.58 Å². The zero-order chi connectivity index (χ0) is 20.1. The highest BCUT2D eigenvalue weighted by Gasteiger charge is 2.22. The van der Waals surface area contributed by atoms with Gasteiger partial charge in [0, 0.05) is 31.8 Å². The number of ether oxygens (including phenoxy) is 1. The maximum absolute atomic E-state index is 12.4. The van der Waals surface area contributed by atoms with Crippen LogP contribution < -0.4 is 5.32 Å². The third kappa shape index (κ3) is 4.91. The van der Waals surface area contributed by atoms with Crippen LogP contribution in [-0.2, 0) is 9.53 Å². The van der Waals surface area contributed by atoms with E-state index < -0.39 is 0 Å². The number of carbonyl (C=O) groups is 1. The highest BCUT2D eigenvalue weighted by molar-refractivity contribution is 5.91. The molecule has 3 aromatic rings. The number of aryl methyl sites for hydroxylation is 1. The van der Waals surface area contributed by atoms with E-state index in [1.807, 2.05) is 24.3 Å². The molecule has 1 unspecified atom stereocenters. The van der Waals surface area contributed by atoms with E-state index in [9.17, 15) is 4.79 Å². The normalized spacial score (nSPS) is 16.3. The Balaban J connectivity index is 1.41. The minimum atomic E-state index is -0.169. The Bertz CT molecular complexity index is 955. The summed E-state index contributed by atoms with van der Waals surface area (Å²) in [5.74, 6) is 0.252.